The van der Waals surface area contributed by atoms with Crippen LogP contribution in [0.5, 0.6) is 5.75 Å². The minimum atomic E-state index is -1.01. The van der Waals surface area contributed by atoms with Crippen LogP contribution in [0.4, 0.5) is 0 Å². The number of carbonyl (C=O) groups is 1. The molecule has 0 amide bonds. The fourth-order valence-electron chi connectivity index (χ4n) is 6.25. The number of carboxylic acids is 1. The summed E-state index contributed by atoms with van der Waals surface area (Å²) in [5.41, 5.74) is 3.49. The quantitative estimate of drug-likeness (QED) is 0.690. The third-order valence-corrected chi connectivity index (χ3v) is 9.10. The molecule has 2 saturated carbocycles. The highest BCUT2D eigenvalue weighted by Crippen LogP contribution is 2.56. The Morgan fingerprint density at radius 2 is 2.16 bits per heavy atom. The van der Waals surface area contributed by atoms with Crippen molar-refractivity contribution in [2.24, 2.45) is 11.8 Å². The molecule has 7 heteroatoms. The van der Waals surface area contributed by atoms with Crippen molar-refractivity contribution in [3.63, 3.8) is 0 Å². The smallest absolute Gasteiger partial charge is 0.355 e. The lowest BCUT2D eigenvalue weighted by Gasteiger charge is -2.34. The average molecular weight is 456 g/mol. The molecule has 2 aromatic rings. The summed E-state index contributed by atoms with van der Waals surface area (Å²) >= 11 is 1.34. The van der Waals surface area contributed by atoms with Gasteiger partial charge in [-0.2, -0.15) is 0 Å². The van der Waals surface area contributed by atoms with E-state index in [1.165, 1.54) is 54.6 Å². The van der Waals surface area contributed by atoms with E-state index in [1.807, 2.05) is 0 Å². The molecule has 1 aromatic carbocycles. The molecule has 32 heavy (non-hydrogen) atoms. The molecule has 5 atom stereocenters. The number of aromatic carboxylic acids is 1. The number of fused-ring (bicyclic) bond motifs is 3. The van der Waals surface area contributed by atoms with E-state index in [9.17, 15) is 9.90 Å². The molecular formula is C25H29NO5S. The summed E-state index contributed by atoms with van der Waals surface area (Å²) in [5, 5.41) is 22.2. The van der Waals surface area contributed by atoms with Crippen LogP contribution in [0.3, 0.4) is 0 Å². The lowest BCUT2D eigenvalue weighted by molar-refractivity contribution is -0.0811. The second-order valence-corrected chi connectivity index (χ2v) is 10.9. The number of hydrogen-bond acceptors (Lipinski definition) is 6. The van der Waals surface area contributed by atoms with Crippen molar-refractivity contribution in [2.75, 3.05) is 6.61 Å². The van der Waals surface area contributed by atoms with E-state index >= 15 is 0 Å². The first-order valence-electron chi connectivity index (χ1n) is 11.8. The molecule has 6 nitrogen and oxygen atoms in total. The van der Waals surface area contributed by atoms with Gasteiger partial charge in [0.25, 0.3) is 0 Å². The highest BCUT2D eigenvalue weighted by molar-refractivity contribution is 7.09. The van der Waals surface area contributed by atoms with Crippen LogP contribution in [-0.2, 0) is 16.6 Å². The molecule has 0 radical (unpaired) electrons. The monoisotopic (exact) mass is 455 g/mol. The minimum absolute atomic E-state index is 0.0344. The molecular weight excluding hydrogens is 426 g/mol. The molecule has 3 fully saturated rings. The van der Waals surface area contributed by atoms with Crippen LogP contribution in [0, 0.1) is 11.8 Å². The molecule has 6 rings (SSSR count). The van der Waals surface area contributed by atoms with Gasteiger partial charge in [0, 0.05) is 17.7 Å². The molecule has 1 aliphatic heterocycles. The largest absolute Gasteiger partial charge is 0.493 e. The molecule has 2 N–H and O–H groups in total. The van der Waals surface area contributed by atoms with Gasteiger partial charge in [-0.05, 0) is 79.5 Å². The van der Waals surface area contributed by atoms with Crippen molar-refractivity contribution < 1.29 is 24.5 Å². The van der Waals surface area contributed by atoms with Gasteiger partial charge in [-0.3, -0.25) is 0 Å². The number of aliphatic hydroxyl groups excluding tert-OH is 1. The SMILES string of the molecule is O=C(O)c1csc([C@H]2CC[C@@H]3[C@@H](COc4ccc5c(c4)C4(CCC5)CC4)[C@@H](O)C[C@@H]3O2)n1. The number of rotatable bonds is 5. The van der Waals surface area contributed by atoms with Gasteiger partial charge in [-0.1, -0.05) is 6.07 Å². The zero-order valence-electron chi connectivity index (χ0n) is 18.0. The second kappa shape index (κ2) is 7.82. The van der Waals surface area contributed by atoms with E-state index in [4.69, 9.17) is 14.6 Å². The average Bonchev–Trinajstić information content (AvgIpc) is 3.25. The maximum atomic E-state index is 11.1. The van der Waals surface area contributed by atoms with Crippen LogP contribution in [0.15, 0.2) is 23.6 Å². The molecule has 0 bridgehead atoms. The van der Waals surface area contributed by atoms with Crippen LogP contribution in [0.1, 0.15) is 77.7 Å². The van der Waals surface area contributed by atoms with Crippen molar-refractivity contribution in [1.29, 1.82) is 0 Å². The Kier molecular flexibility index (Phi) is 5.04. The Bertz CT molecular complexity index is 1030. The zero-order valence-corrected chi connectivity index (χ0v) is 18.9. The summed E-state index contributed by atoms with van der Waals surface area (Å²) in [6.45, 7) is 0.503. The first kappa shape index (κ1) is 20.6. The number of aryl methyl sites for hydroxylation is 1. The van der Waals surface area contributed by atoms with Crippen LogP contribution in [0.25, 0.3) is 0 Å². The normalized spacial score (nSPS) is 32.3. The first-order valence-corrected chi connectivity index (χ1v) is 12.7. The second-order valence-electron chi connectivity index (χ2n) is 10.0. The van der Waals surface area contributed by atoms with Crippen LogP contribution >= 0.6 is 11.3 Å². The van der Waals surface area contributed by atoms with E-state index < -0.39 is 12.1 Å². The highest BCUT2D eigenvalue weighted by Gasteiger charge is 2.48. The number of carboxylic acid groups (broad SMARTS) is 1. The summed E-state index contributed by atoms with van der Waals surface area (Å²) in [6.07, 6.45) is 8.04. The molecule has 1 spiro atoms. The third kappa shape index (κ3) is 3.55. The van der Waals surface area contributed by atoms with Gasteiger partial charge in [-0.25, -0.2) is 9.78 Å². The Hall–Kier alpha value is -1.96. The molecule has 2 heterocycles. The van der Waals surface area contributed by atoms with Crippen molar-refractivity contribution >= 4 is 17.3 Å². The third-order valence-electron chi connectivity index (χ3n) is 8.16. The van der Waals surface area contributed by atoms with E-state index in [-0.39, 0.29) is 29.7 Å². The van der Waals surface area contributed by atoms with Crippen molar-refractivity contribution in [3.8, 4) is 5.75 Å². The zero-order chi connectivity index (χ0) is 21.9. The van der Waals surface area contributed by atoms with Gasteiger partial charge >= 0.3 is 5.97 Å². The lowest BCUT2D eigenvalue weighted by atomic mass is 9.80. The number of ether oxygens (including phenoxy) is 2. The van der Waals surface area contributed by atoms with Gasteiger partial charge in [0.05, 0.1) is 18.8 Å². The van der Waals surface area contributed by atoms with Gasteiger partial charge < -0.3 is 19.7 Å². The Balaban J connectivity index is 1.11. The fraction of sp³-hybridized carbons (Fsp3) is 0.600. The first-order chi connectivity index (χ1) is 15.5. The molecule has 1 saturated heterocycles. The molecule has 170 valence electrons. The van der Waals surface area contributed by atoms with Gasteiger partial charge in [0.1, 0.15) is 16.9 Å². The van der Waals surface area contributed by atoms with Crippen molar-refractivity contribution in [3.05, 3.63) is 45.4 Å². The highest BCUT2D eigenvalue weighted by atomic mass is 32.1. The number of nitrogens with zero attached hydrogens (tertiary/aromatic N) is 1. The molecule has 1 aromatic heterocycles. The lowest BCUT2D eigenvalue weighted by Crippen LogP contribution is -2.33. The number of aromatic nitrogens is 1. The maximum Gasteiger partial charge on any atom is 0.355 e. The summed E-state index contributed by atoms with van der Waals surface area (Å²) in [5.74, 6) is 0.223. The summed E-state index contributed by atoms with van der Waals surface area (Å²) < 4.78 is 12.5. The summed E-state index contributed by atoms with van der Waals surface area (Å²) in [7, 11) is 0. The number of thiazole rings is 1. The van der Waals surface area contributed by atoms with E-state index in [0.717, 1.165) is 23.6 Å². The number of hydrogen-bond donors (Lipinski definition) is 2. The van der Waals surface area contributed by atoms with Crippen LogP contribution in [-0.4, -0.2) is 40.0 Å². The Morgan fingerprint density at radius 1 is 1.28 bits per heavy atom. The standard InChI is InChI=1S/C25H29NO5S/c27-20-11-22-16(5-6-21(31-22)23-26-19(13-32-23)24(28)29)17(20)12-30-15-4-3-14-2-1-7-25(8-9-25)18(14)10-15/h3-4,10,13,16-17,20-22,27H,1-2,5-9,11-12H2,(H,28,29)/t16-,17-,20+,21-,22+/m1/s1. The predicted molar refractivity (Wildman–Crippen MR) is 119 cm³/mol. The summed E-state index contributed by atoms with van der Waals surface area (Å²) in [4.78, 5) is 15.3. The van der Waals surface area contributed by atoms with Crippen molar-refractivity contribution in [2.45, 2.75) is 75.1 Å². The number of aliphatic hydroxyl groups is 1. The van der Waals surface area contributed by atoms with E-state index in [0.29, 0.717) is 18.4 Å². The van der Waals surface area contributed by atoms with E-state index in [2.05, 4.69) is 23.2 Å². The minimum Gasteiger partial charge on any atom is -0.493 e. The van der Waals surface area contributed by atoms with Crippen molar-refractivity contribution in [1.82, 2.24) is 4.98 Å². The summed E-state index contributed by atoms with van der Waals surface area (Å²) in [6, 6.07) is 6.59. The van der Waals surface area contributed by atoms with Crippen LogP contribution in [0.2, 0.25) is 0 Å². The Morgan fingerprint density at radius 3 is 2.94 bits per heavy atom. The topological polar surface area (TPSA) is 88.9 Å². The maximum absolute atomic E-state index is 11.1. The predicted octanol–water partition coefficient (Wildman–Crippen LogP) is 4.51. The van der Waals surface area contributed by atoms with Gasteiger partial charge in [0.15, 0.2) is 5.69 Å². The van der Waals surface area contributed by atoms with Crippen LogP contribution < -0.4 is 4.74 Å². The fourth-order valence-corrected chi connectivity index (χ4v) is 7.11. The van der Waals surface area contributed by atoms with E-state index in [1.54, 1.807) is 5.38 Å². The molecule has 0 unspecified atom stereocenters. The van der Waals surface area contributed by atoms with Gasteiger partial charge in [-0.15, -0.1) is 11.3 Å². The molecule has 4 aliphatic rings. The van der Waals surface area contributed by atoms with Gasteiger partial charge in [0.2, 0.25) is 0 Å². The molecule has 3 aliphatic carbocycles. The number of benzene rings is 1. The Labute approximate surface area is 191 Å².